The second kappa shape index (κ2) is 9.65. The average Bonchev–Trinajstić information content (AvgIpc) is 3.30. The zero-order chi connectivity index (χ0) is 24.5. The Bertz CT molecular complexity index is 1240. The minimum Gasteiger partial charge on any atom is -0.489 e. The zero-order valence-corrected chi connectivity index (χ0v) is 20.5. The fraction of sp³-hybridized carbons (Fsp3) is 0.478. The maximum absolute atomic E-state index is 14.5. The van der Waals surface area contributed by atoms with Crippen LogP contribution in [0.4, 0.5) is 10.3 Å². The van der Waals surface area contributed by atoms with E-state index < -0.39 is 15.7 Å². The Kier molecular flexibility index (Phi) is 6.83. The van der Waals surface area contributed by atoms with Crippen molar-refractivity contribution in [3.8, 4) is 17.0 Å². The van der Waals surface area contributed by atoms with Crippen molar-refractivity contribution >= 4 is 15.8 Å². The lowest BCUT2D eigenvalue weighted by Crippen LogP contribution is -2.39. The van der Waals surface area contributed by atoms with Crippen molar-refractivity contribution in [1.82, 2.24) is 25.2 Å². The van der Waals surface area contributed by atoms with Gasteiger partial charge >= 0.3 is 0 Å². The number of hydrogen-bond acceptors (Lipinski definition) is 8. The van der Waals surface area contributed by atoms with E-state index in [-0.39, 0.29) is 22.6 Å². The number of piperidine rings is 1. The molecule has 1 aromatic carbocycles. The number of pyridine rings is 1. The average molecular weight is 489 g/mol. The molecule has 1 aliphatic heterocycles. The van der Waals surface area contributed by atoms with E-state index in [1.165, 1.54) is 12.1 Å². The van der Waals surface area contributed by atoms with Gasteiger partial charge in [-0.3, -0.25) is 4.98 Å². The predicted octanol–water partition coefficient (Wildman–Crippen LogP) is 3.54. The van der Waals surface area contributed by atoms with Gasteiger partial charge in [-0.25, -0.2) is 12.8 Å². The summed E-state index contributed by atoms with van der Waals surface area (Å²) >= 11 is 0. The largest absolute Gasteiger partial charge is 0.489 e. The van der Waals surface area contributed by atoms with Gasteiger partial charge < -0.3 is 9.64 Å². The van der Waals surface area contributed by atoms with Gasteiger partial charge in [0.05, 0.1) is 28.9 Å². The van der Waals surface area contributed by atoms with Crippen LogP contribution in [0.15, 0.2) is 41.4 Å². The summed E-state index contributed by atoms with van der Waals surface area (Å²) in [7, 11) is -3.47. The van der Waals surface area contributed by atoms with Crippen molar-refractivity contribution in [3.05, 3.63) is 42.3 Å². The van der Waals surface area contributed by atoms with Crippen molar-refractivity contribution < 1.29 is 17.5 Å². The molecule has 3 aromatic rings. The molecule has 182 valence electrons. The number of rotatable bonds is 7. The van der Waals surface area contributed by atoms with Crippen LogP contribution in [0.1, 0.15) is 39.7 Å². The standard InChI is InChI=1S/C23H29FN6O3S/c1-15(2)30-27-23(26-28-30)29-11-9-17(10-12-29)16(3)33-18-5-8-22(25-14-18)20-7-6-19(13-21(20)24)34(4,31)32/h5-8,13-17H,9-12H2,1-4H3/t16-/m0/s1. The molecule has 3 heterocycles. The number of anilines is 1. The van der Waals surface area contributed by atoms with E-state index in [1.807, 2.05) is 20.8 Å². The van der Waals surface area contributed by atoms with Crippen LogP contribution in [0.5, 0.6) is 5.75 Å². The number of hydrogen-bond donors (Lipinski definition) is 0. The van der Waals surface area contributed by atoms with Crippen molar-refractivity contribution in [2.24, 2.45) is 5.92 Å². The summed E-state index contributed by atoms with van der Waals surface area (Å²) < 4.78 is 43.8. The van der Waals surface area contributed by atoms with Gasteiger partial charge in [0.15, 0.2) is 9.84 Å². The highest BCUT2D eigenvalue weighted by Crippen LogP contribution is 2.28. The minimum atomic E-state index is -3.47. The Balaban J connectivity index is 1.35. The summed E-state index contributed by atoms with van der Waals surface area (Å²) in [6, 6.07) is 7.44. The molecule has 0 spiro atoms. The van der Waals surface area contributed by atoms with Gasteiger partial charge in [-0.05, 0) is 75.1 Å². The summed E-state index contributed by atoms with van der Waals surface area (Å²) in [4.78, 5) is 8.03. The molecule has 0 bridgehead atoms. The van der Waals surface area contributed by atoms with E-state index in [1.54, 1.807) is 23.1 Å². The van der Waals surface area contributed by atoms with E-state index in [0.29, 0.717) is 23.3 Å². The highest BCUT2D eigenvalue weighted by Gasteiger charge is 2.27. The van der Waals surface area contributed by atoms with E-state index in [2.05, 4.69) is 25.3 Å². The lowest BCUT2D eigenvalue weighted by molar-refractivity contribution is 0.132. The van der Waals surface area contributed by atoms with Crippen molar-refractivity contribution in [1.29, 1.82) is 0 Å². The van der Waals surface area contributed by atoms with Gasteiger partial charge in [-0.2, -0.15) is 4.80 Å². The number of tetrazole rings is 1. The third-order valence-corrected chi connectivity index (χ3v) is 7.18. The summed E-state index contributed by atoms with van der Waals surface area (Å²) in [6.07, 6.45) is 4.49. The Morgan fingerprint density at radius 2 is 1.85 bits per heavy atom. The molecule has 0 aliphatic carbocycles. The maximum atomic E-state index is 14.5. The molecule has 0 amide bonds. The third kappa shape index (κ3) is 5.35. The second-order valence-corrected chi connectivity index (χ2v) is 11.0. The Hall–Kier alpha value is -3.08. The lowest BCUT2D eigenvalue weighted by Gasteiger charge is -2.34. The number of aromatic nitrogens is 5. The van der Waals surface area contributed by atoms with Crippen molar-refractivity contribution in [3.63, 3.8) is 0 Å². The van der Waals surface area contributed by atoms with Crippen LogP contribution in [0.3, 0.4) is 0 Å². The number of halogens is 1. The van der Waals surface area contributed by atoms with E-state index >= 15 is 0 Å². The first-order valence-electron chi connectivity index (χ1n) is 11.3. The first-order valence-corrected chi connectivity index (χ1v) is 13.2. The third-order valence-electron chi connectivity index (χ3n) is 6.07. The summed E-state index contributed by atoms with van der Waals surface area (Å²) in [5.41, 5.74) is 0.648. The van der Waals surface area contributed by atoms with Crippen LogP contribution in [-0.4, -0.2) is 59.1 Å². The fourth-order valence-corrected chi connectivity index (χ4v) is 4.62. The Labute approximate surface area is 198 Å². The molecule has 0 radical (unpaired) electrons. The van der Waals surface area contributed by atoms with Gasteiger partial charge in [0, 0.05) is 24.9 Å². The summed E-state index contributed by atoms with van der Waals surface area (Å²) in [5.74, 6) is 1.01. The van der Waals surface area contributed by atoms with Crippen molar-refractivity contribution in [2.75, 3.05) is 24.2 Å². The van der Waals surface area contributed by atoms with E-state index in [9.17, 15) is 12.8 Å². The van der Waals surface area contributed by atoms with Crippen LogP contribution in [-0.2, 0) is 9.84 Å². The van der Waals surface area contributed by atoms with Gasteiger partial charge in [0.2, 0.25) is 0 Å². The fourth-order valence-electron chi connectivity index (χ4n) is 3.99. The van der Waals surface area contributed by atoms with Crippen LogP contribution in [0.2, 0.25) is 0 Å². The van der Waals surface area contributed by atoms with Gasteiger partial charge in [0.1, 0.15) is 11.6 Å². The molecular formula is C23H29FN6O3S. The van der Waals surface area contributed by atoms with Gasteiger partial charge in [-0.15, -0.1) is 5.10 Å². The topological polar surface area (TPSA) is 103 Å². The molecule has 0 saturated carbocycles. The van der Waals surface area contributed by atoms with Crippen LogP contribution < -0.4 is 9.64 Å². The first kappa shape index (κ1) is 24.1. The molecule has 4 rings (SSSR count). The van der Waals surface area contributed by atoms with E-state index in [4.69, 9.17) is 4.74 Å². The summed E-state index contributed by atoms with van der Waals surface area (Å²) in [6.45, 7) is 7.75. The van der Waals surface area contributed by atoms with Crippen LogP contribution >= 0.6 is 0 Å². The number of sulfone groups is 1. The monoisotopic (exact) mass is 488 g/mol. The number of nitrogens with zero attached hydrogens (tertiary/aromatic N) is 6. The van der Waals surface area contributed by atoms with Crippen LogP contribution in [0, 0.1) is 11.7 Å². The smallest absolute Gasteiger partial charge is 0.266 e. The summed E-state index contributed by atoms with van der Waals surface area (Å²) in [5, 5.41) is 12.7. The molecule has 1 fully saturated rings. The van der Waals surface area contributed by atoms with Gasteiger partial charge in [-0.1, -0.05) is 5.10 Å². The molecule has 34 heavy (non-hydrogen) atoms. The quantitative estimate of drug-likeness (QED) is 0.498. The van der Waals surface area contributed by atoms with Gasteiger partial charge in [0.25, 0.3) is 5.95 Å². The molecule has 1 aliphatic rings. The maximum Gasteiger partial charge on any atom is 0.266 e. The lowest BCUT2D eigenvalue weighted by atomic mass is 9.92. The normalized spacial score (nSPS) is 16.1. The second-order valence-electron chi connectivity index (χ2n) is 8.94. The molecule has 0 N–H and O–H groups in total. The molecule has 1 atom stereocenters. The zero-order valence-electron chi connectivity index (χ0n) is 19.7. The molecule has 11 heteroatoms. The molecular weight excluding hydrogens is 459 g/mol. The molecule has 2 aromatic heterocycles. The Morgan fingerprint density at radius 1 is 1.12 bits per heavy atom. The number of benzene rings is 1. The molecule has 9 nitrogen and oxygen atoms in total. The molecule has 0 unspecified atom stereocenters. The number of ether oxygens (including phenoxy) is 1. The molecule has 1 saturated heterocycles. The highest BCUT2D eigenvalue weighted by atomic mass is 32.2. The Morgan fingerprint density at radius 3 is 2.41 bits per heavy atom. The predicted molar refractivity (Wildman–Crippen MR) is 126 cm³/mol. The first-order chi connectivity index (χ1) is 16.1. The highest BCUT2D eigenvalue weighted by molar-refractivity contribution is 7.90. The van der Waals surface area contributed by atoms with Crippen LogP contribution in [0.25, 0.3) is 11.3 Å². The van der Waals surface area contributed by atoms with E-state index in [0.717, 1.165) is 38.3 Å². The minimum absolute atomic E-state index is 0.0140. The van der Waals surface area contributed by atoms with Crippen molar-refractivity contribution in [2.45, 2.75) is 50.7 Å². The SMILES string of the molecule is CC(C)n1nnc(N2CCC([C@H](C)Oc3ccc(-c4ccc(S(C)(=O)=O)cc4F)nc3)CC2)n1.